The summed E-state index contributed by atoms with van der Waals surface area (Å²) in [7, 11) is 1.87. The first-order valence-corrected chi connectivity index (χ1v) is 8.58. The predicted molar refractivity (Wildman–Crippen MR) is 89.1 cm³/mol. The molecule has 7 heteroatoms. The van der Waals surface area contributed by atoms with E-state index in [1.54, 1.807) is 17.0 Å². The molecule has 126 valence electrons. The fraction of sp³-hybridized carbons (Fsp3) is 0.529. The second-order valence-corrected chi connectivity index (χ2v) is 6.61. The number of piperidine rings is 1. The Hall–Kier alpha value is -2.44. The third kappa shape index (κ3) is 2.86. The molecule has 2 aliphatic heterocycles. The minimum absolute atomic E-state index is 0.0729. The maximum Gasteiger partial charge on any atom is 0.246 e. The summed E-state index contributed by atoms with van der Waals surface area (Å²) >= 11 is 0. The number of amides is 1. The molecule has 0 bridgehead atoms. The molecule has 2 aliphatic rings. The molecule has 0 aromatic carbocycles. The van der Waals surface area contributed by atoms with Crippen LogP contribution in [0.3, 0.4) is 0 Å². The van der Waals surface area contributed by atoms with Crippen LogP contribution in [0, 0.1) is 0 Å². The van der Waals surface area contributed by atoms with Crippen LogP contribution in [0.5, 0.6) is 0 Å². The molecule has 1 fully saturated rings. The molecule has 24 heavy (non-hydrogen) atoms. The third-order valence-electron chi connectivity index (χ3n) is 4.95. The van der Waals surface area contributed by atoms with Crippen LogP contribution in [0.4, 0.5) is 0 Å². The molecule has 7 nitrogen and oxygen atoms in total. The Morgan fingerprint density at radius 2 is 2.08 bits per heavy atom. The van der Waals surface area contributed by atoms with Crippen LogP contribution >= 0.6 is 0 Å². The van der Waals surface area contributed by atoms with Crippen LogP contribution in [0.15, 0.2) is 18.5 Å². The van der Waals surface area contributed by atoms with E-state index in [0.29, 0.717) is 5.92 Å². The van der Waals surface area contributed by atoms with E-state index < -0.39 is 0 Å². The molecule has 0 radical (unpaired) electrons. The van der Waals surface area contributed by atoms with E-state index in [0.717, 1.165) is 56.1 Å². The summed E-state index contributed by atoms with van der Waals surface area (Å²) in [4.78, 5) is 14.3. The van der Waals surface area contributed by atoms with Crippen molar-refractivity contribution in [2.24, 2.45) is 7.05 Å². The van der Waals surface area contributed by atoms with Crippen molar-refractivity contribution in [2.75, 3.05) is 13.1 Å². The minimum Gasteiger partial charge on any atom is -0.339 e. The van der Waals surface area contributed by atoms with Crippen molar-refractivity contribution in [3.63, 3.8) is 0 Å². The first-order valence-electron chi connectivity index (χ1n) is 8.58. The Balaban J connectivity index is 1.35. The molecule has 0 atom stereocenters. The Labute approximate surface area is 141 Å². The monoisotopic (exact) mass is 326 g/mol. The van der Waals surface area contributed by atoms with Gasteiger partial charge in [-0.1, -0.05) is 0 Å². The first-order chi connectivity index (χ1) is 11.7. The molecule has 0 saturated carbocycles. The first kappa shape index (κ1) is 15.1. The molecule has 1 saturated heterocycles. The van der Waals surface area contributed by atoms with Gasteiger partial charge in [0.1, 0.15) is 11.6 Å². The number of aryl methyl sites for hydroxylation is 2. The van der Waals surface area contributed by atoms with E-state index in [2.05, 4.69) is 19.9 Å². The zero-order chi connectivity index (χ0) is 16.5. The van der Waals surface area contributed by atoms with Gasteiger partial charge in [0.2, 0.25) is 5.91 Å². The zero-order valence-electron chi connectivity index (χ0n) is 13.9. The predicted octanol–water partition coefficient (Wildman–Crippen LogP) is 1.38. The average molecular weight is 326 g/mol. The maximum absolute atomic E-state index is 12.3. The quantitative estimate of drug-likeness (QED) is 0.799. The molecule has 1 amide bonds. The fourth-order valence-corrected chi connectivity index (χ4v) is 3.63. The second-order valence-electron chi connectivity index (χ2n) is 6.61. The van der Waals surface area contributed by atoms with Gasteiger partial charge < -0.3 is 9.47 Å². The molecule has 2 aromatic rings. The number of aromatic nitrogens is 5. The molecular weight excluding hydrogens is 304 g/mol. The highest BCUT2D eigenvalue weighted by Crippen LogP contribution is 2.29. The standard InChI is InChI=1S/C17H22N6O/c1-21-12-13(11-18-21)4-5-16(24)22-9-6-14(7-10-22)17-20-19-15-3-2-8-23(15)17/h4-5,11-12,14H,2-3,6-10H2,1H3. The second kappa shape index (κ2) is 6.22. The van der Waals surface area contributed by atoms with Crippen molar-refractivity contribution < 1.29 is 4.79 Å². The van der Waals surface area contributed by atoms with E-state index >= 15 is 0 Å². The molecule has 0 spiro atoms. The van der Waals surface area contributed by atoms with Gasteiger partial charge in [0.15, 0.2) is 0 Å². The zero-order valence-corrected chi connectivity index (χ0v) is 13.9. The number of fused-ring (bicyclic) bond motifs is 1. The van der Waals surface area contributed by atoms with Crippen molar-refractivity contribution in [2.45, 2.75) is 38.1 Å². The molecule has 0 aliphatic carbocycles. The van der Waals surface area contributed by atoms with E-state index in [1.807, 2.05) is 24.2 Å². The van der Waals surface area contributed by atoms with E-state index in [1.165, 1.54) is 6.42 Å². The lowest BCUT2D eigenvalue weighted by atomic mass is 9.96. The Kier molecular flexibility index (Phi) is 3.92. The van der Waals surface area contributed by atoms with Crippen molar-refractivity contribution in [3.8, 4) is 0 Å². The summed E-state index contributed by atoms with van der Waals surface area (Å²) in [5.41, 5.74) is 0.944. The summed E-state index contributed by atoms with van der Waals surface area (Å²) in [6.45, 7) is 2.61. The molecular formula is C17H22N6O. The lowest BCUT2D eigenvalue weighted by molar-refractivity contribution is -0.127. The maximum atomic E-state index is 12.3. The Morgan fingerprint density at radius 3 is 2.83 bits per heavy atom. The normalized spacial score (nSPS) is 18.5. The highest BCUT2D eigenvalue weighted by Gasteiger charge is 2.28. The Bertz CT molecular complexity index is 766. The lowest BCUT2D eigenvalue weighted by Crippen LogP contribution is -2.37. The number of hydrogen-bond acceptors (Lipinski definition) is 4. The van der Waals surface area contributed by atoms with Crippen LogP contribution in [-0.4, -0.2) is 48.4 Å². The fourth-order valence-electron chi connectivity index (χ4n) is 3.63. The number of hydrogen-bond donors (Lipinski definition) is 0. The van der Waals surface area contributed by atoms with E-state index in [9.17, 15) is 4.79 Å². The molecule has 4 heterocycles. The number of carbonyl (C=O) groups is 1. The van der Waals surface area contributed by atoms with Crippen LogP contribution < -0.4 is 0 Å². The van der Waals surface area contributed by atoms with Gasteiger partial charge in [-0.25, -0.2) is 0 Å². The number of carbonyl (C=O) groups excluding carboxylic acids is 1. The number of nitrogens with zero attached hydrogens (tertiary/aromatic N) is 6. The van der Waals surface area contributed by atoms with Gasteiger partial charge in [0.25, 0.3) is 0 Å². The number of rotatable bonds is 3. The summed E-state index contributed by atoms with van der Waals surface area (Å²) in [5.74, 6) is 2.75. The van der Waals surface area contributed by atoms with Crippen LogP contribution in [0.25, 0.3) is 6.08 Å². The summed E-state index contributed by atoms with van der Waals surface area (Å²) < 4.78 is 4.01. The highest BCUT2D eigenvalue weighted by atomic mass is 16.2. The van der Waals surface area contributed by atoms with Crippen LogP contribution in [0.1, 0.15) is 42.4 Å². The van der Waals surface area contributed by atoms with Gasteiger partial charge in [0, 0.05) is 56.9 Å². The highest BCUT2D eigenvalue weighted by molar-refractivity contribution is 5.91. The molecule has 4 rings (SSSR count). The topological polar surface area (TPSA) is 68.8 Å². The van der Waals surface area contributed by atoms with Gasteiger partial charge in [-0.3, -0.25) is 9.48 Å². The van der Waals surface area contributed by atoms with Crippen molar-refractivity contribution >= 4 is 12.0 Å². The molecule has 0 unspecified atom stereocenters. The van der Waals surface area contributed by atoms with E-state index in [-0.39, 0.29) is 5.91 Å². The summed E-state index contributed by atoms with van der Waals surface area (Å²) in [6, 6.07) is 0. The number of likely N-dealkylation sites (tertiary alicyclic amines) is 1. The minimum atomic E-state index is 0.0729. The summed E-state index contributed by atoms with van der Waals surface area (Å²) in [6.07, 6.45) is 11.3. The lowest BCUT2D eigenvalue weighted by Gasteiger charge is -2.30. The van der Waals surface area contributed by atoms with Crippen LogP contribution in [0.2, 0.25) is 0 Å². The van der Waals surface area contributed by atoms with E-state index in [4.69, 9.17) is 0 Å². The van der Waals surface area contributed by atoms with Gasteiger partial charge in [0.05, 0.1) is 6.20 Å². The smallest absolute Gasteiger partial charge is 0.246 e. The third-order valence-corrected chi connectivity index (χ3v) is 4.95. The van der Waals surface area contributed by atoms with Gasteiger partial charge in [-0.05, 0) is 25.3 Å². The van der Waals surface area contributed by atoms with Gasteiger partial charge in [-0.15, -0.1) is 10.2 Å². The molecule has 0 N–H and O–H groups in total. The van der Waals surface area contributed by atoms with Crippen molar-refractivity contribution in [1.82, 2.24) is 29.4 Å². The van der Waals surface area contributed by atoms with Gasteiger partial charge in [-0.2, -0.15) is 5.10 Å². The SMILES string of the molecule is Cn1cc(C=CC(=O)N2CCC(c3nnc4n3CCC4)CC2)cn1. The van der Waals surface area contributed by atoms with Gasteiger partial charge >= 0.3 is 0 Å². The summed E-state index contributed by atoms with van der Waals surface area (Å²) in [5, 5.41) is 12.8. The molecule has 2 aromatic heterocycles. The Morgan fingerprint density at radius 1 is 1.25 bits per heavy atom. The van der Waals surface area contributed by atoms with Crippen molar-refractivity contribution in [3.05, 3.63) is 35.7 Å². The largest absolute Gasteiger partial charge is 0.339 e. The van der Waals surface area contributed by atoms with Crippen LogP contribution in [-0.2, 0) is 24.8 Å². The average Bonchev–Trinajstić information content (AvgIpc) is 3.29. The van der Waals surface area contributed by atoms with Crippen molar-refractivity contribution in [1.29, 1.82) is 0 Å².